The molecule has 0 saturated heterocycles. The van der Waals surface area contributed by atoms with E-state index >= 15 is 0 Å². The molecule has 164 valence electrons. The highest BCUT2D eigenvalue weighted by Crippen LogP contribution is 2.38. The lowest BCUT2D eigenvalue weighted by atomic mass is 9.80. The maximum absolute atomic E-state index is 13.5. The van der Waals surface area contributed by atoms with Crippen LogP contribution in [0.15, 0.2) is 72.8 Å². The molecule has 0 heterocycles. The molecule has 1 atom stereocenters. The van der Waals surface area contributed by atoms with Crippen LogP contribution in [0.25, 0.3) is 0 Å². The maximum Gasteiger partial charge on any atom is 0.140 e. The fourth-order valence-electron chi connectivity index (χ4n) is 3.65. The van der Waals surface area contributed by atoms with Gasteiger partial charge in [0.25, 0.3) is 0 Å². The summed E-state index contributed by atoms with van der Waals surface area (Å²) in [5, 5.41) is 11.9. The average molecular weight is 424 g/mol. The van der Waals surface area contributed by atoms with Gasteiger partial charge in [0.15, 0.2) is 0 Å². The van der Waals surface area contributed by atoms with E-state index in [9.17, 15) is 9.50 Å². The molecule has 1 N–H and O–H groups in total. The van der Waals surface area contributed by atoms with Crippen LogP contribution in [0.4, 0.5) is 4.39 Å². The highest BCUT2D eigenvalue weighted by Gasteiger charge is 2.34. The molecular formula is C26H30FNO3. The van der Waals surface area contributed by atoms with Gasteiger partial charge >= 0.3 is 0 Å². The highest BCUT2D eigenvalue weighted by atomic mass is 19.1. The van der Waals surface area contributed by atoms with Crippen molar-refractivity contribution >= 4 is 0 Å². The molecule has 0 aliphatic heterocycles. The third-order valence-corrected chi connectivity index (χ3v) is 5.61. The highest BCUT2D eigenvalue weighted by molar-refractivity contribution is 5.49. The van der Waals surface area contributed by atoms with E-state index in [-0.39, 0.29) is 5.82 Å². The van der Waals surface area contributed by atoms with Crippen LogP contribution in [0.5, 0.6) is 11.5 Å². The normalized spacial score (nSPS) is 13.1. The predicted octanol–water partition coefficient (Wildman–Crippen LogP) is 4.84. The first-order chi connectivity index (χ1) is 15.0. The molecule has 3 rings (SSSR count). The van der Waals surface area contributed by atoms with Crippen molar-refractivity contribution in [3.05, 3.63) is 95.3 Å². The average Bonchev–Trinajstić information content (AvgIpc) is 2.82. The molecule has 0 bridgehead atoms. The summed E-state index contributed by atoms with van der Waals surface area (Å²) in [5.74, 6) is 1.09. The number of methoxy groups -OCH3 is 1. The summed E-state index contributed by atoms with van der Waals surface area (Å²) in [6.45, 7) is 7.71. The Bertz CT molecular complexity index is 938. The van der Waals surface area contributed by atoms with Crippen LogP contribution in [0.3, 0.4) is 0 Å². The molecular weight excluding hydrogens is 393 g/mol. The number of ether oxygens (including phenoxy) is 2. The number of hydrogen-bond acceptors (Lipinski definition) is 4. The zero-order valence-electron chi connectivity index (χ0n) is 18.3. The molecule has 0 saturated carbocycles. The summed E-state index contributed by atoms with van der Waals surface area (Å²) in [6.07, 6.45) is 0. The lowest BCUT2D eigenvalue weighted by Crippen LogP contribution is -2.29. The Labute approximate surface area is 183 Å². The molecule has 31 heavy (non-hydrogen) atoms. The van der Waals surface area contributed by atoms with E-state index in [0.29, 0.717) is 29.0 Å². The number of hydrogen-bond donors (Lipinski definition) is 1. The van der Waals surface area contributed by atoms with Gasteiger partial charge in [-0.1, -0.05) is 50.2 Å². The third-order valence-electron chi connectivity index (χ3n) is 5.61. The minimum absolute atomic E-state index is 0.349. The minimum atomic E-state index is -1.44. The van der Waals surface area contributed by atoms with Gasteiger partial charge in [0.05, 0.1) is 7.11 Å². The summed E-state index contributed by atoms with van der Waals surface area (Å²) >= 11 is 0. The second kappa shape index (κ2) is 10.4. The first-order valence-corrected chi connectivity index (χ1v) is 10.6. The van der Waals surface area contributed by atoms with Crippen LogP contribution in [0.2, 0.25) is 0 Å². The van der Waals surface area contributed by atoms with Crippen molar-refractivity contribution in [3.8, 4) is 11.5 Å². The largest absolute Gasteiger partial charge is 0.497 e. The molecule has 0 radical (unpaired) electrons. The maximum atomic E-state index is 13.5. The first-order valence-electron chi connectivity index (χ1n) is 10.6. The monoisotopic (exact) mass is 423 g/mol. The van der Waals surface area contributed by atoms with E-state index in [4.69, 9.17) is 9.47 Å². The van der Waals surface area contributed by atoms with E-state index in [2.05, 4.69) is 18.7 Å². The topological polar surface area (TPSA) is 41.9 Å². The van der Waals surface area contributed by atoms with Crippen LogP contribution in [0.1, 0.15) is 30.5 Å². The number of likely N-dealkylation sites (N-methyl/N-ethyl adjacent to an activating group) is 1. The molecule has 0 amide bonds. The molecule has 3 aromatic rings. The third kappa shape index (κ3) is 5.24. The smallest absolute Gasteiger partial charge is 0.140 e. The Balaban J connectivity index is 1.89. The van der Waals surface area contributed by atoms with Crippen molar-refractivity contribution in [1.29, 1.82) is 0 Å². The Hall–Kier alpha value is -2.89. The summed E-state index contributed by atoms with van der Waals surface area (Å²) < 4.78 is 24.7. The lowest BCUT2D eigenvalue weighted by molar-refractivity contribution is 0.125. The van der Waals surface area contributed by atoms with Gasteiger partial charge in [0, 0.05) is 6.54 Å². The Morgan fingerprint density at radius 1 is 0.774 bits per heavy atom. The van der Waals surface area contributed by atoms with E-state index in [0.717, 1.165) is 25.4 Å². The van der Waals surface area contributed by atoms with Gasteiger partial charge < -0.3 is 19.5 Å². The molecule has 3 aromatic carbocycles. The molecule has 1 unspecified atom stereocenters. The molecule has 0 aliphatic rings. The summed E-state index contributed by atoms with van der Waals surface area (Å²) in [6, 6.07) is 20.6. The van der Waals surface area contributed by atoms with Crippen LogP contribution < -0.4 is 9.47 Å². The van der Waals surface area contributed by atoms with Crippen LogP contribution in [0, 0.1) is 5.82 Å². The lowest BCUT2D eigenvalue weighted by Gasteiger charge is -2.30. The standard InChI is InChI=1S/C26H30FNO3/c1-4-28(5-2)18-19-31-25-16-10-22(11-17-25)26(29,20-6-12-23(27)13-7-20)21-8-14-24(30-3)15-9-21/h6-17,29H,4-5,18-19H2,1-3H3. The Morgan fingerprint density at radius 3 is 1.68 bits per heavy atom. The number of aliphatic hydroxyl groups is 1. The minimum Gasteiger partial charge on any atom is -0.497 e. The number of rotatable bonds is 10. The van der Waals surface area contributed by atoms with E-state index in [1.807, 2.05) is 36.4 Å². The fourth-order valence-corrected chi connectivity index (χ4v) is 3.65. The Morgan fingerprint density at radius 2 is 1.23 bits per heavy atom. The first kappa shape index (κ1) is 22.8. The summed E-state index contributed by atoms with van der Waals surface area (Å²) in [5.41, 5.74) is 0.462. The second-order valence-electron chi connectivity index (χ2n) is 7.35. The van der Waals surface area contributed by atoms with Crippen LogP contribution >= 0.6 is 0 Å². The second-order valence-corrected chi connectivity index (χ2v) is 7.35. The van der Waals surface area contributed by atoms with Crippen molar-refractivity contribution in [2.24, 2.45) is 0 Å². The molecule has 0 fully saturated rings. The zero-order valence-corrected chi connectivity index (χ0v) is 18.3. The van der Waals surface area contributed by atoms with Gasteiger partial charge in [-0.05, 0) is 66.2 Å². The van der Waals surface area contributed by atoms with Gasteiger partial charge in [-0.3, -0.25) is 0 Å². The molecule has 4 nitrogen and oxygen atoms in total. The van der Waals surface area contributed by atoms with Gasteiger partial charge in [-0.25, -0.2) is 4.39 Å². The number of benzene rings is 3. The van der Waals surface area contributed by atoms with Gasteiger partial charge in [-0.2, -0.15) is 0 Å². The van der Waals surface area contributed by atoms with E-state index in [1.54, 1.807) is 31.4 Å². The predicted molar refractivity (Wildman–Crippen MR) is 121 cm³/mol. The summed E-state index contributed by atoms with van der Waals surface area (Å²) in [4.78, 5) is 2.30. The van der Waals surface area contributed by atoms with Crippen LogP contribution in [-0.4, -0.2) is 43.4 Å². The SMILES string of the molecule is CCN(CC)CCOc1ccc(C(O)(c2ccc(F)cc2)c2ccc(OC)cc2)cc1. The summed E-state index contributed by atoms with van der Waals surface area (Å²) in [7, 11) is 1.60. The number of nitrogens with zero attached hydrogens (tertiary/aromatic N) is 1. The van der Waals surface area contributed by atoms with Crippen molar-refractivity contribution in [1.82, 2.24) is 4.90 Å². The van der Waals surface area contributed by atoms with Crippen LogP contribution in [-0.2, 0) is 5.60 Å². The molecule has 0 aliphatic carbocycles. The van der Waals surface area contributed by atoms with Crippen molar-refractivity contribution in [2.45, 2.75) is 19.4 Å². The van der Waals surface area contributed by atoms with Crippen molar-refractivity contribution < 1.29 is 19.0 Å². The fraction of sp³-hybridized carbons (Fsp3) is 0.308. The number of halogens is 1. The van der Waals surface area contributed by atoms with Gasteiger partial charge in [0.1, 0.15) is 29.5 Å². The van der Waals surface area contributed by atoms with Gasteiger partial charge in [0.2, 0.25) is 0 Å². The van der Waals surface area contributed by atoms with E-state index < -0.39 is 5.60 Å². The van der Waals surface area contributed by atoms with Crippen molar-refractivity contribution in [3.63, 3.8) is 0 Å². The van der Waals surface area contributed by atoms with Crippen molar-refractivity contribution in [2.75, 3.05) is 33.4 Å². The quantitative estimate of drug-likeness (QED) is 0.474. The molecule has 0 aromatic heterocycles. The Kier molecular flexibility index (Phi) is 7.66. The molecule has 5 heteroatoms. The molecule has 0 spiro atoms. The zero-order chi connectivity index (χ0) is 22.3. The van der Waals surface area contributed by atoms with E-state index in [1.165, 1.54) is 12.1 Å². The van der Waals surface area contributed by atoms with Gasteiger partial charge in [-0.15, -0.1) is 0 Å².